The zero-order valence-corrected chi connectivity index (χ0v) is 8.62. The number of rotatable bonds is 2. The van der Waals surface area contributed by atoms with E-state index >= 15 is 0 Å². The molecule has 0 spiro atoms. The first-order valence-corrected chi connectivity index (χ1v) is 3.30. The Morgan fingerprint density at radius 2 is 1.93 bits per heavy atom. The SMILES string of the molecule is Cl.Cl.NCc1nccn1CC(F)(F)F. The molecule has 0 fully saturated rings. The molecule has 1 heterocycles. The Bertz CT molecular complexity index is 261. The van der Waals surface area contributed by atoms with Gasteiger partial charge in [0, 0.05) is 12.4 Å². The Hall–Kier alpha value is -0.460. The average molecular weight is 252 g/mol. The molecule has 0 aliphatic heterocycles. The lowest BCUT2D eigenvalue weighted by atomic mass is 10.5. The quantitative estimate of drug-likeness (QED) is 0.871. The maximum absolute atomic E-state index is 11.8. The van der Waals surface area contributed by atoms with Gasteiger partial charge in [0.1, 0.15) is 12.4 Å². The van der Waals surface area contributed by atoms with Gasteiger partial charge in [-0.2, -0.15) is 13.2 Å². The highest BCUT2D eigenvalue weighted by molar-refractivity contribution is 5.85. The van der Waals surface area contributed by atoms with Crippen molar-refractivity contribution in [1.29, 1.82) is 0 Å². The van der Waals surface area contributed by atoms with E-state index in [1.807, 2.05) is 0 Å². The van der Waals surface area contributed by atoms with E-state index in [9.17, 15) is 13.2 Å². The zero-order valence-electron chi connectivity index (χ0n) is 6.99. The molecule has 0 aliphatic carbocycles. The molecule has 1 rings (SSSR count). The first-order valence-electron chi connectivity index (χ1n) is 3.30. The minimum atomic E-state index is -4.22. The third-order valence-corrected chi connectivity index (χ3v) is 1.33. The number of halogens is 5. The molecular formula is C6H10Cl2F3N3. The highest BCUT2D eigenvalue weighted by atomic mass is 35.5. The van der Waals surface area contributed by atoms with Crippen LogP contribution >= 0.6 is 24.8 Å². The predicted molar refractivity (Wildman–Crippen MR) is 50.7 cm³/mol. The van der Waals surface area contributed by atoms with Crippen molar-refractivity contribution < 1.29 is 13.2 Å². The Balaban J connectivity index is 0. The molecule has 1 aromatic rings. The van der Waals surface area contributed by atoms with Crippen LogP contribution in [0.5, 0.6) is 0 Å². The molecule has 0 saturated carbocycles. The summed E-state index contributed by atoms with van der Waals surface area (Å²) in [5.74, 6) is 0.243. The van der Waals surface area contributed by atoms with Crippen molar-refractivity contribution in [3.8, 4) is 0 Å². The molecule has 0 unspecified atom stereocenters. The van der Waals surface area contributed by atoms with Gasteiger partial charge in [-0.3, -0.25) is 0 Å². The predicted octanol–water partition coefficient (Wildman–Crippen LogP) is 1.75. The summed E-state index contributed by atoms with van der Waals surface area (Å²) in [6, 6.07) is 0. The van der Waals surface area contributed by atoms with Gasteiger partial charge in [0.15, 0.2) is 0 Å². The minimum Gasteiger partial charge on any atom is -0.325 e. The zero-order chi connectivity index (χ0) is 9.19. The van der Waals surface area contributed by atoms with Crippen molar-refractivity contribution in [3.63, 3.8) is 0 Å². The van der Waals surface area contributed by atoms with E-state index in [4.69, 9.17) is 5.73 Å². The van der Waals surface area contributed by atoms with Crippen LogP contribution in [-0.2, 0) is 13.1 Å². The largest absolute Gasteiger partial charge is 0.406 e. The van der Waals surface area contributed by atoms with E-state index in [1.54, 1.807) is 0 Å². The van der Waals surface area contributed by atoms with Gasteiger partial charge in [-0.05, 0) is 0 Å². The third kappa shape index (κ3) is 4.69. The fraction of sp³-hybridized carbons (Fsp3) is 0.500. The van der Waals surface area contributed by atoms with Crippen molar-refractivity contribution >= 4 is 24.8 Å². The van der Waals surface area contributed by atoms with E-state index < -0.39 is 12.7 Å². The molecule has 0 amide bonds. The maximum atomic E-state index is 11.8. The fourth-order valence-electron chi connectivity index (χ4n) is 0.867. The van der Waals surface area contributed by atoms with Crippen LogP contribution in [0.15, 0.2) is 12.4 Å². The molecule has 1 aromatic heterocycles. The Morgan fingerprint density at radius 1 is 1.36 bits per heavy atom. The number of imidazole rings is 1. The second kappa shape index (κ2) is 6.10. The average Bonchev–Trinajstić information content (AvgIpc) is 2.31. The lowest BCUT2D eigenvalue weighted by Crippen LogP contribution is -2.20. The summed E-state index contributed by atoms with van der Waals surface area (Å²) in [6.45, 7) is -1.01. The summed E-state index contributed by atoms with van der Waals surface area (Å²) in [4.78, 5) is 3.66. The molecule has 3 nitrogen and oxygen atoms in total. The van der Waals surface area contributed by atoms with Gasteiger partial charge < -0.3 is 10.3 Å². The monoisotopic (exact) mass is 251 g/mol. The van der Waals surface area contributed by atoms with Gasteiger partial charge in [-0.15, -0.1) is 24.8 Å². The summed E-state index contributed by atoms with van der Waals surface area (Å²) in [7, 11) is 0. The van der Waals surface area contributed by atoms with Crippen LogP contribution in [0.25, 0.3) is 0 Å². The lowest BCUT2D eigenvalue weighted by molar-refractivity contribution is -0.141. The van der Waals surface area contributed by atoms with Crippen LogP contribution in [0.4, 0.5) is 13.2 Å². The topological polar surface area (TPSA) is 43.8 Å². The summed E-state index contributed by atoms with van der Waals surface area (Å²) in [5.41, 5.74) is 5.16. The molecule has 2 N–H and O–H groups in total. The van der Waals surface area contributed by atoms with Gasteiger partial charge in [0.25, 0.3) is 0 Å². The molecule has 0 aromatic carbocycles. The molecule has 0 aliphatic rings. The van der Waals surface area contributed by atoms with Crippen LogP contribution in [-0.4, -0.2) is 15.7 Å². The fourth-order valence-corrected chi connectivity index (χ4v) is 0.867. The van der Waals surface area contributed by atoms with Crippen LogP contribution in [0.1, 0.15) is 5.82 Å². The smallest absolute Gasteiger partial charge is 0.325 e. The maximum Gasteiger partial charge on any atom is 0.406 e. The van der Waals surface area contributed by atoms with E-state index in [-0.39, 0.29) is 37.2 Å². The Morgan fingerprint density at radius 3 is 2.36 bits per heavy atom. The Labute approximate surface area is 91.3 Å². The summed E-state index contributed by atoms with van der Waals surface area (Å²) in [6.07, 6.45) is -1.66. The van der Waals surface area contributed by atoms with E-state index in [0.29, 0.717) is 0 Å². The van der Waals surface area contributed by atoms with Gasteiger partial charge in [0.2, 0.25) is 0 Å². The first kappa shape index (κ1) is 16.0. The van der Waals surface area contributed by atoms with Crippen LogP contribution in [0.3, 0.4) is 0 Å². The summed E-state index contributed by atoms with van der Waals surface area (Å²) >= 11 is 0. The molecule has 14 heavy (non-hydrogen) atoms. The lowest BCUT2D eigenvalue weighted by Gasteiger charge is -2.08. The normalized spacial score (nSPS) is 10.3. The molecule has 0 saturated heterocycles. The standard InChI is InChI=1S/C6H8F3N3.2ClH/c7-6(8,9)4-12-2-1-11-5(12)3-10;;/h1-2H,3-4,10H2;2*1H. The summed E-state index contributed by atoms with van der Waals surface area (Å²) in [5, 5.41) is 0. The minimum absolute atomic E-state index is 0. The van der Waals surface area contributed by atoms with Crippen molar-refractivity contribution in [2.45, 2.75) is 19.3 Å². The Kier molecular flexibility index (Phi) is 6.97. The van der Waals surface area contributed by atoms with Crippen LogP contribution < -0.4 is 5.73 Å². The number of nitrogens with two attached hydrogens (primary N) is 1. The van der Waals surface area contributed by atoms with Crippen LogP contribution in [0.2, 0.25) is 0 Å². The van der Waals surface area contributed by atoms with Gasteiger partial charge >= 0.3 is 6.18 Å². The van der Waals surface area contributed by atoms with Crippen molar-refractivity contribution in [2.75, 3.05) is 0 Å². The summed E-state index contributed by atoms with van der Waals surface area (Å²) < 4.78 is 36.5. The molecule has 8 heteroatoms. The number of nitrogens with zero attached hydrogens (tertiary/aromatic N) is 2. The van der Waals surface area contributed by atoms with Gasteiger partial charge in [-0.25, -0.2) is 4.98 Å². The number of alkyl halides is 3. The van der Waals surface area contributed by atoms with Crippen molar-refractivity contribution in [3.05, 3.63) is 18.2 Å². The first-order chi connectivity index (χ1) is 5.53. The highest BCUT2D eigenvalue weighted by Gasteiger charge is 2.28. The molecule has 0 atom stereocenters. The number of hydrogen-bond donors (Lipinski definition) is 1. The van der Waals surface area contributed by atoms with Gasteiger partial charge in [0.05, 0.1) is 6.54 Å². The second-order valence-electron chi connectivity index (χ2n) is 2.29. The van der Waals surface area contributed by atoms with E-state index in [1.165, 1.54) is 12.4 Å². The van der Waals surface area contributed by atoms with E-state index in [0.717, 1.165) is 4.57 Å². The van der Waals surface area contributed by atoms with Crippen LogP contribution in [0, 0.1) is 0 Å². The number of hydrogen-bond acceptors (Lipinski definition) is 2. The molecular weight excluding hydrogens is 242 g/mol. The highest BCUT2D eigenvalue weighted by Crippen LogP contribution is 2.17. The van der Waals surface area contributed by atoms with Crippen molar-refractivity contribution in [1.82, 2.24) is 9.55 Å². The van der Waals surface area contributed by atoms with Gasteiger partial charge in [-0.1, -0.05) is 0 Å². The second-order valence-corrected chi connectivity index (χ2v) is 2.29. The molecule has 0 radical (unpaired) electrons. The molecule has 0 bridgehead atoms. The van der Waals surface area contributed by atoms with E-state index in [2.05, 4.69) is 4.98 Å². The number of aromatic nitrogens is 2. The molecule has 84 valence electrons. The third-order valence-electron chi connectivity index (χ3n) is 1.33. The van der Waals surface area contributed by atoms with Crippen molar-refractivity contribution in [2.24, 2.45) is 5.73 Å².